The molecule has 0 saturated heterocycles. The highest BCUT2D eigenvalue weighted by atomic mass is 35.5. The molecular weight excluding hydrogens is 234 g/mol. The van der Waals surface area contributed by atoms with Gasteiger partial charge in [-0.25, -0.2) is 0 Å². The molecule has 0 aromatic carbocycles. The van der Waals surface area contributed by atoms with Crippen molar-refractivity contribution in [1.82, 2.24) is 4.90 Å². The van der Waals surface area contributed by atoms with Gasteiger partial charge in [0.25, 0.3) is 0 Å². The summed E-state index contributed by atoms with van der Waals surface area (Å²) in [5, 5.41) is 2.00. The van der Waals surface area contributed by atoms with E-state index in [0.717, 1.165) is 4.88 Å². The maximum absolute atomic E-state index is 11.5. The van der Waals surface area contributed by atoms with Gasteiger partial charge < -0.3 is 9.64 Å². The Morgan fingerprint density at radius 3 is 3.00 bits per heavy atom. The van der Waals surface area contributed by atoms with Crippen molar-refractivity contribution >= 4 is 28.8 Å². The van der Waals surface area contributed by atoms with Crippen molar-refractivity contribution in [3.8, 4) is 0 Å². The van der Waals surface area contributed by atoms with E-state index in [1.165, 1.54) is 0 Å². The maximum Gasteiger partial charge on any atom is 0.237 e. The third-order valence-corrected chi connectivity index (χ3v) is 3.05. The lowest BCUT2D eigenvalue weighted by Gasteiger charge is -2.20. The van der Waals surface area contributed by atoms with Crippen molar-refractivity contribution in [3.05, 3.63) is 22.4 Å². The highest BCUT2D eigenvalue weighted by Crippen LogP contribution is 2.12. The van der Waals surface area contributed by atoms with Crippen LogP contribution >= 0.6 is 22.9 Å². The number of methoxy groups -OCH3 is 1. The van der Waals surface area contributed by atoms with E-state index < -0.39 is 0 Å². The summed E-state index contributed by atoms with van der Waals surface area (Å²) >= 11 is 7.17. The Morgan fingerprint density at radius 2 is 2.47 bits per heavy atom. The second-order valence-corrected chi connectivity index (χ2v) is 4.32. The molecule has 0 aliphatic heterocycles. The minimum absolute atomic E-state index is 0.0229. The SMILES string of the molecule is COCCN(Cc1cccs1)C(=O)CCl. The van der Waals surface area contributed by atoms with Crippen LogP contribution in [0.4, 0.5) is 0 Å². The fraction of sp³-hybridized carbons (Fsp3) is 0.500. The number of hydrogen-bond donors (Lipinski definition) is 0. The van der Waals surface area contributed by atoms with Gasteiger partial charge in [-0.15, -0.1) is 22.9 Å². The van der Waals surface area contributed by atoms with E-state index in [1.54, 1.807) is 23.3 Å². The maximum atomic E-state index is 11.5. The lowest BCUT2D eigenvalue weighted by atomic mass is 10.4. The van der Waals surface area contributed by atoms with Crippen molar-refractivity contribution in [3.63, 3.8) is 0 Å². The zero-order valence-corrected chi connectivity index (χ0v) is 10.2. The predicted molar refractivity (Wildman–Crippen MR) is 62.3 cm³/mol. The van der Waals surface area contributed by atoms with Crippen LogP contribution in [0, 0.1) is 0 Å². The lowest BCUT2D eigenvalue weighted by Crippen LogP contribution is -2.34. The van der Waals surface area contributed by atoms with E-state index in [9.17, 15) is 4.79 Å². The number of alkyl halides is 1. The van der Waals surface area contributed by atoms with Crippen LogP contribution in [0.2, 0.25) is 0 Å². The Balaban J connectivity index is 2.52. The summed E-state index contributed by atoms with van der Waals surface area (Å²) in [4.78, 5) is 14.4. The number of hydrogen-bond acceptors (Lipinski definition) is 3. The first kappa shape index (κ1) is 12.5. The normalized spacial score (nSPS) is 10.3. The highest BCUT2D eigenvalue weighted by molar-refractivity contribution is 7.09. The van der Waals surface area contributed by atoms with Crippen LogP contribution in [0.15, 0.2) is 17.5 Å². The van der Waals surface area contributed by atoms with Gasteiger partial charge in [0.1, 0.15) is 5.88 Å². The van der Waals surface area contributed by atoms with Crippen LogP contribution in [-0.2, 0) is 16.1 Å². The summed E-state index contributed by atoms with van der Waals surface area (Å²) in [5.41, 5.74) is 0. The molecule has 0 aliphatic rings. The number of halogens is 1. The van der Waals surface area contributed by atoms with Crippen LogP contribution in [0.1, 0.15) is 4.88 Å². The van der Waals surface area contributed by atoms with Crippen molar-refractivity contribution < 1.29 is 9.53 Å². The number of carbonyl (C=O) groups excluding carboxylic acids is 1. The molecule has 15 heavy (non-hydrogen) atoms. The van der Waals surface area contributed by atoms with Gasteiger partial charge in [-0.05, 0) is 11.4 Å². The number of thiophene rings is 1. The second kappa shape index (κ2) is 6.82. The fourth-order valence-corrected chi connectivity index (χ4v) is 2.06. The molecule has 1 aromatic heterocycles. The highest BCUT2D eigenvalue weighted by Gasteiger charge is 2.12. The topological polar surface area (TPSA) is 29.5 Å². The van der Waals surface area contributed by atoms with E-state index in [0.29, 0.717) is 19.7 Å². The quantitative estimate of drug-likeness (QED) is 0.720. The summed E-state index contributed by atoms with van der Waals surface area (Å²) in [7, 11) is 1.62. The zero-order valence-electron chi connectivity index (χ0n) is 8.61. The van der Waals surface area contributed by atoms with E-state index in [1.807, 2.05) is 17.5 Å². The first-order valence-corrected chi connectivity index (χ1v) is 6.04. The van der Waals surface area contributed by atoms with Gasteiger partial charge in [0.2, 0.25) is 5.91 Å². The smallest absolute Gasteiger partial charge is 0.237 e. The number of ether oxygens (including phenoxy) is 1. The molecule has 5 heteroatoms. The van der Waals surface area contributed by atoms with Gasteiger partial charge in [-0.2, -0.15) is 0 Å². The summed E-state index contributed by atoms with van der Waals surface area (Å²) in [6, 6.07) is 3.98. The molecule has 1 heterocycles. The molecule has 1 aromatic rings. The molecule has 1 rings (SSSR count). The molecule has 0 saturated carbocycles. The molecule has 0 spiro atoms. The van der Waals surface area contributed by atoms with Crippen molar-refractivity contribution in [1.29, 1.82) is 0 Å². The van der Waals surface area contributed by atoms with E-state index >= 15 is 0 Å². The first-order chi connectivity index (χ1) is 7.27. The number of nitrogens with zero attached hydrogens (tertiary/aromatic N) is 1. The minimum atomic E-state index is -0.0536. The Labute approximate surface area is 98.6 Å². The number of rotatable bonds is 6. The Bertz CT molecular complexity index is 290. The summed E-state index contributed by atoms with van der Waals surface area (Å²) < 4.78 is 4.95. The molecule has 0 fully saturated rings. The first-order valence-electron chi connectivity index (χ1n) is 4.63. The molecule has 0 radical (unpaired) electrons. The third kappa shape index (κ3) is 4.20. The average molecular weight is 248 g/mol. The Morgan fingerprint density at radius 1 is 1.67 bits per heavy atom. The summed E-state index contributed by atoms with van der Waals surface area (Å²) in [6.07, 6.45) is 0. The largest absolute Gasteiger partial charge is 0.383 e. The Hall–Kier alpha value is -0.580. The molecule has 1 amide bonds. The zero-order chi connectivity index (χ0) is 11.1. The van der Waals surface area contributed by atoms with Crippen LogP contribution < -0.4 is 0 Å². The Kier molecular flexibility index (Phi) is 5.68. The standard InChI is InChI=1S/C10H14ClNO2S/c1-14-5-4-12(10(13)7-11)8-9-3-2-6-15-9/h2-3,6H,4-5,7-8H2,1H3. The molecule has 0 aliphatic carbocycles. The molecule has 0 N–H and O–H groups in total. The van der Waals surface area contributed by atoms with E-state index in [2.05, 4.69) is 0 Å². The fourth-order valence-electron chi connectivity index (χ4n) is 1.17. The monoisotopic (exact) mass is 247 g/mol. The van der Waals surface area contributed by atoms with Gasteiger partial charge in [0.05, 0.1) is 13.2 Å². The third-order valence-electron chi connectivity index (χ3n) is 1.96. The predicted octanol–water partition coefficient (Wildman–Crippen LogP) is 1.96. The lowest BCUT2D eigenvalue weighted by molar-refractivity contribution is -0.129. The molecule has 3 nitrogen and oxygen atoms in total. The molecular formula is C10H14ClNO2S. The summed E-state index contributed by atoms with van der Waals surface area (Å²) in [5.74, 6) is -0.0307. The van der Waals surface area contributed by atoms with Gasteiger partial charge >= 0.3 is 0 Å². The van der Waals surface area contributed by atoms with Crippen LogP contribution in [0.5, 0.6) is 0 Å². The van der Waals surface area contributed by atoms with Gasteiger partial charge in [-0.3, -0.25) is 4.79 Å². The minimum Gasteiger partial charge on any atom is -0.383 e. The molecule has 84 valence electrons. The molecule has 0 bridgehead atoms. The number of carbonyl (C=O) groups is 1. The molecule has 0 unspecified atom stereocenters. The van der Waals surface area contributed by atoms with Crippen molar-refractivity contribution in [2.45, 2.75) is 6.54 Å². The average Bonchev–Trinajstić information content (AvgIpc) is 2.75. The van der Waals surface area contributed by atoms with Gasteiger partial charge in [-0.1, -0.05) is 6.07 Å². The van der Waals surface area contributed by atoms with Gasteiger partial charge in [0, 0.05) is 18.5 Å². The summed E-state index contributed by atoms with van der Waals surface area (Å²) in [6.45, 7) is 1.74. The van der Waals surface area contributed by atoms with Crippen molar-refractivity contribution in [2.24, 2.45) is 0 Å². The van der Waals surface area contributed by atoms with Crippen LogP contribution in [0.3, 0.4) is 0 Å². The van der Waals surface area contributed by atoms with E-state index in [-0.39, 0.29) is 11.8 Å². The van der Waals surface area contributed by atoms with Gasteiger partial charge in [0.15, 0.2) is 0 Å². The van der Waals surface area contributed by atoms with E-state index in [4.69, 9.17) is 16.3 Å². The molecule has 0 atom stereocenters. The van der Waals surface area contributed by atoms with Crippen molar-refractivity contribution in [2.75, 3.05) is 26.1 Å². The number of amides is 1. The van der Waals surface area contributed by atoms with Crippen LogP contribution in [-0.4, -0.2) is 36.9 Å². The van der Waals surface area contributed by atoms with Crippen LogP contribution in [0.25, 0.3) is 0 Å². The second-order valence-electron chi connectivity index (χ2n) is 3.02.